The van der Waals surface area contributed by atoms with Crippen molar-refractivity contribution in [2.24, 2.45) is 4.99 Å². The standard InChI is InChI=1S/C19H26N4OS.HI/c1-2-20-19(23-14-17-8-5-11-25-17)22-13-15-9-10-21-18(12-15)24-16-6-3-4-7-16;/h5,8-12,16H,2-4,6-7,13-14H2,1H3,(H2,20,22,23);1H. The van der Waals surface area contributed by atoms with Crippen molar-refractivity contribution >= 4 is 41.3 Å². The van der Waals surface area contributed by atoms with Crippen molar-refractivity contribution in [3.8, 4) is 5.88 Å². The lowest BCUT2D eigenvalue weighted by Gasteiger charge is -2.13. The van der Waals surface area contributed by atoms with Gasteiger partial charge in [0, 0.05) is 23.7 Å². The first kappa shape index (κ1) is 21.0. The van der Waals surface area contributed by atoms with Crippen LogP contribution in [0, 0.1) is 0 Å². The molecule has 0 atom stereocenters. The SMILES string of the molecule is CCNC(=NCc1ccnc(OC2CCCC2)c1)NCc1cccs1.I. The highest BCUT2D eigenvalue weighted by molar-refractivity contribution is 14.0. The van der Waals surface area contributed by atoms with Crippen molar-refractivity contribution in [3.63, 3.8) is 0 Å². The number of nitrogens with zero attached hydrogens (tertiary/aromatic N) is 2. The summed E-state index contributed by atoms with van der Waals surface area (Å²) < 4.78 is 5.98. The van der Waals surface area contributed by atoms with Gasteiger partial charge in [-0.15, -0.1) is 35.3 Å². The van der Waals surface area contributed by atoms with E-state index in [0.29, 0.717) is 12.6 Å². The fourth-order valence-electron chi connectivity index (χ4n) is 2.89. The molecule has 1 aliphatic rings. The second-order valence-electron chi connectivity index (χ2n) is 6.15. The van der Waals surface area contributed by atoms with Crippen LogP contribution in [0.15, 0.2) is 40.8 Å². The molecule has 2 aromatic heterocycles. The van der Waals surface area contributed by atoms with Gasteiger partial charge in [-0.05, 0) is 55.7 Å². The summed E-state index contributed by atoms with van der Waals surface area (Å²) in [6.07, 6.45) is 6.94. The number of hydrogen-bond acceptors (Lipinski definition) is 4. The van der Waals surface area contributed by atoms with E-state index in [4.69, 9.17) is 4.74 Å². The molecule has 142 valence electrons. The Kier molecular flexibility index (Phi) is 9.17. The molecule has 0 amide bonds. The summed E-state index contributed by atoms with van der Waals surface area (Å²) in [6, 6.07) is 8.18. The van der Waals surface area contributed by atoms with Crippen molar-refractivity contribution < 1.29 is 4.74 Å². The van der Waals surface area contributed by atoms with E-state index in [1.54, 1.807) is 17.5 Å². The first-order valence-corrected chi connectivity index (χ1v) is 9.87. The summed E-state index contributed by atoms with van der Waals surface area (Å²) in [5, 5.41) is 8.74. The van der Waals surface area contributed by atoms with Crippen molar-refractivity contribution in [1.82, 2.24) is 15.6 Å². The van der Waals surface area contributed by atoms with Gasteiger partial charge < -0.3 is 15.4 Å². The third kappa shape index (κ3) is 6.75. The Morgan fingerprint density at radius 3 is 2.88 bits per heavy atom. The molecule has 2 N–H and O–H groups in total. The summed E-state index contributed by atoms with van der Waals surface area (Å²) in [7, 11) is 0. The van der Waals surface area contributed by atoms with Gasteiger partial charge in [0.25, 0.3) is 0 Å². The Labute approximate surface area is 176 Å². The topological polar surface area (TPSA) is 58.5 Å². The molecule has 3 rings (SSSR count). The molecule has 7 heteroatoms. The van der Waals surface area contributed by atoms with Gasteiger partial charge in [-0.1, -0.05) is 6.07 Å². The quantitative estimate of drug-likeness (QED) is 0.348. The number of halogens is 1. The van der Waals surface area contributed by atoms with E-state index in [9.17, 15) is 0 Å². The Hall–Kier alpha value is -1.35. The van der Waals surface area contributed by atoms with Crippen LogP contribution in [0.2, 0.25) is 0 Å². The van der Waals surface area contributed by atoms with Crippen LogP contribution in [-0.4, -0.2) is 23.6 Å². The number of aromatic nitrogens is 1. The molecule has 1 fully saturated rings. The van der Waals surface area contributed by atoms with Crippen molar-refractivity contribution in [2.45, 2.75) is 51.8 Å². The van der Waals surface area contributed by atoms with Crippen molar-refractivity contribution in [3.05, 3.63) is 46.3 Å². The molecule has 26 heavy (non-hydrogen) atoms. The van der Waals surface area contributed by atoms with Crippen molar-refractivity contribution in [1.29, 1.82) is 0 Å². The molecule has 0 radical (unpaired) electrons. The molecule has 0 aromatic carbocycles. The molecule has 2 heterocycles. The monoisotopic (exact) mass is 486 g/mol. The van der Waals surface area contributed by atoms with Gasteiger partial charge in [-0.3, -0.25) is 0 Å². The van der Waals surface area contributed by atoms with Gasteiger partial charge in [0.15, 0.2) is 5.96 Å². The Morgan fingerprint density at radius 1 is 1.31 bits per heavy atom. The van der Waals surface area contributed by atoms with Crippen LogP contribution in [-0.2, 0) is 13.1 Å². The number of rotatable bonds is 7. The molecule has 0 bridgehead atoms. The van der Waals surface area contributed by atoms with E-state index >= 15 is 0 Å². The van der Waals surface area contributed by atoms with Crippen LogP contribution in [0.1, 0.15) is 43.0 Å². The highest BCUT2D eigenvalue weighted by Gasteiger charge is 2.16. The fraction of sp³-hybridized carbons (Fsp3) is 0.474. The first-order valence-electron chi connectivity index (χ1n) is 8.99. The van der Waals surface area contributed by atoms with Gasteiger partial charge >= 0.3 is 0 Å². The van der Waals surface area contributed by atoms with Crippen LogP contribution in [0.25, 0.3) is 0 Å². The Morgan fingerprint density at radius 2 is 2.15 bits per heavy atom. The molecule has 0 unspecified atom stereocenters. The molecule has 1 saturated carbocycles. The van der Waals surface area contributed by atoms with E-state index in [2.05, 4.69) is 45.0 Å². The van der Waals surface area contributed by atoms with Gasteiger partial charge in [0.05, 0.1) is 13.1 Å². The summed E-state index contributed by atoms with van der Waals surface area (Å²) in [5.41, 5.74) is 1.11. The maximum Gasteiger partial charge on any atom is 0.213 e. The van der Waals surface area contributed by atoms with Crippen LogP contribution >= 0.6 is 35.3 Å². The zero-order chi connectivity index (χ0) is 17.3. The minimum absolute atomic E-state index is 0. The minimum atomic E-state index is 0. The molecular weight excluding hydrogens is 459 g/mol. The lowest BCUT2D eigenvalue weighted by atomic mass is 10.2. The lowest BCUT2D eigenvalue weighted by Crippen LogP contribution is -2.36. The molecule has 2 aromatic rings. The second-order valence-corrected chi connectivity index (χ2v) is 7.19. The highest BCUT2D eigenvalue weighted by Crippen LogP contribution is 2.23. The van der Waals surface area contributed by atoms with Gasteiger partial charge in [-0.2, -0.15) is 0 Å². The zero-order valence-electron chi connectivity index (χ0n) is 15.1. The van der Waals surface area contributed by atoms with Gasteiger partial charge in [0.1, 0.15) is 6.10 Å². The zero-order valence-corrected chi connectivity index (χ0v) is 18.3. The number of aliphatic imine (C=N–C) groups is 1. The predicted octanol–water partition coefficient (Wildman–Crippen LogP) is 4.34. The molecule has 5 nitrogen and oxygen atoms in total. The lowest BCUT2D eigenvalue weighted by molar-refractivity contribution is 0.201. The second kappa shape index (κ2) is 11.4. The third-order valence-electron chi connectivity index (χ3n) is 4.16. The largest absolute Gasteiger partial charge is 0.474 e. The highest BCUT2D eigenvalue weighted by atomic mass is 127. The van der Waals surface area contributed by atoms with Gasteiger partial charge in [0.2, 0.25) is 5.88 Å². The van der Waals surface area contributed by atoms with Crippen LogP contribution < -0.4 is 15.4 Å². The molecule has 0 saturated heterocycles. The van der Waals surface area contributed by atoms with Crippen molar-refractivity contribution in [2.75, 3.05) is 6.54 Å². The number of hydrogen-bond donors (Lipinski definition) is 2. The number of ether oxygens (including phenoxy) is 1. The molecule has 0 spiro atoms. The third-order valence-corrected chi connectivity index (χ3v) is 5.04. The maximum absolute atomic E-state index is 5.98. The summed E-state index contributed by atoms with van der Waals surface area (Å²) in [6.45, 7) is 4.30. The molecule has 0 aliphatic heterocycles. The van der Waals surface area contributed by atoms with E-state index in [-0.39, 0.29) is 24.0 Å². The van der Waals surface area contributed by atoms with Crippen LogP contribution in [0.3, 0.4) is 0 Å². The van der Waals surface area contributed by atoms with E-state index in [1.807, 2.05) is 12.1 Å². The van der Waals surface area contributed by atoms with E-state index in [1.165, 1.54) is 17.7 Å². The van der Waals surface area contributed by atoms with E-state index < -0.39 is 0 Å². The Balaban J connectivity index is 0.00000243. The van der Waals surface area contributed by atoms with Crippen LogP contribution in [0.5, 0.6) is 5.88 Å². The normalized spacial score (nSPS) is 14.7. The molecule has 1 aliphatic carbocycles. The average Bonchev–Trinajstić information content (AvgIpc) is 3.31. The van der Waals surface area contributed by atoms with Crippen LogP contribution in [0.4, 0.5) is 0 Å². The number of nitrogens with one attached hydrogen (secondary N) is 2. The summed E-state index contributed by atoms with van der Waals surface area (Å²) in [5.74, 6) is 1.54. The Bertz CT molecular complexity index is 672. The summed E-state index contributed by atoms with van der Waals surface area (Å²) in [4.78, 5) is 10.3. The minimum Gasteiger partial charge on any atom is -0.474 e. The molecular formula is C19H27IN4OS. The van der Waals surface area contributed by atoms with Gasteiger partial charge in [-0.25, -0.2) is 9.98 Å². The number of thiophene rings is 1. The predicted molar refractivity (Wildman–Crippen MR) is 119 cm³/mol. The fourth-order valence-corrected chi connectivity index (χ4v) is 3.53. The van der Waals surface area contributed by atoms with E-state index in [0.717, 1.165) is 43.3 Å². The first-order chi connectivity index (χ1) is 12.3. The number of pyridine rings is 1. The summed E-state index contributed by atoms with van der Waals surface area (Å²) >= 11 is 1.74. The number of guanidine groups is 1. The maximum atomic E-state index is 5.98. The smallest absolute Gasteiger partial charge is 0.213 e. The average molecular weight is 486 g/mol.